The van der Waals surface area contributed by atoms with Crippen molar-refractivity contribution < 1.29 is 17.7 Å². The topological polar surface area (TPSA) is 41.3 Å². The van der Waals surface area contributed by atoms with Crippen molar-refractivity contribution in [2.24, 2.45) is 0 Å². The minimum Gasteiger partial charge on any atom is -0.359 e. The lowest BCUT2D eigenvalue weighted by Gasteiger charge is -2.26. The van der Waals surface area contributed by atoms with Gasteiger partial charge in [-0.1, -0.05) is 5.16 Å². The van der Waals surface area contributed by atoms with Gasteiger partial charge in [-0.25, -0.2) is 0 Å². The number of nitrogens with one attached hydrogen (secondary N) is 1. The van der Waals surface area contributed by atoms with Crippen LogP contribution in [0.2, 0.25) is 0 Å². The molecule has 1 fully saturated rings. The van der Waals surface area contributed by atoms with E-state index in [1.807, 2.05) is 4.90 Å². The highest BCUT2D eigenvalue weighted by Crippen LogP contribution is 2.32. The standard InChI is InChI=1S/C10H14F3N3O/c1-7-8(6-16-4-2-14-3-5-16)17-15-9(7)10(11,12)13/h14H,2-6H2,1H3. The molecule has 96 valence electrons. The summed E-state index contributed by atoms with van der Waals surface area (Å²) >= 11 is 0. The molecule has 0 atom stereocenters. The number of hydrogen-bond acceptors (Lipinski definition) is 4. The van der Waals surface area contributed by atoms with Crippen LogP contribution in [0.25, 0.3) is 0 Å². The molecule has 0 saturated carbocycles. The van der Waals surface area contributed by atoms with Gasteiger partial charge in [0.1, 0.15) is 0 Å². The fourth-order valence-electron chi connectivity index (χ4n) is 1.85. The molecule has 1 aliphatic heterocycles. The quantitative estimate of drug-likeness (QED) is 0.860. The minimum absolute atomic E-state index is 0.0935. The molecule has 0 unspecified atom stereocenters. The second kappa shape index (κ2) is 4.66. The van der Waals surface area contributed by atoms with E-state index in [0.717, 1.165) is 26.2 Å². The number of aromatic nitrogens is 1. The van der Waals surface area contributed by atoms with E-state index >= 15 is 0 Å². The molecule has 0 amide bonds. The Morgan fingerprint density at radius 3 is 2.53 bits per heavy atom. The van der Waals surface area contributed by atoms with Crippen LogP contribution in [0.15, 0.2) is 4.52 Å². The van der Waals surface area contributed by atoms with Gasteiger partial charge >= 0.3 is 6.18 Å². The van der Waals surface area contributed by atoms with Crippen molar-refractivity contribution in [1.29, 1.82) is 0 Å². The van der Waals surface area contributed by atoms with Crippen LogP contribution in [0.1, 0.15) is 17.0 Å². The number of alkyl halides is 3. The molecule has 1 aliphatic rings. The molecular formula is C10H14F3N3O. The molecule has 2 rings (SSSR count). The second-order valence-electron chi connectivity index (χ2n) is 4.10. The largest absolute Gasteiger partial charge is 0.437 e. The molecule has 1 aromatic heterocycles. The van der Waals surface area contributed by atoms with Gasteiger partial charge in [-0.15, -0.1) is 0 Å². The first kappa shape index (κ1) is 12.4. The van der Waals surface area contributed by atoms with Crippen molar-refractivity contribution in [2.75, 3.05) is 26.2 Å². The van der Waals surface area contributed by atoms with Crippen molar-refractivity contribution in [3.63, 3.8) is 0 Å². The van der Waals surface area contributed by atoms with Gasteiger partial charge in [0, 0.05) is 31.7 Å². The van der Waals surface area contributed by atoms with Crippen molar-refractivity contribution in [3.05, 3.63) is 17.0 Å². The van der Waals surface area contributed by atoms with Gasteiger partial charge in [-0.2, -0.15) is 13.2 Å². The van der Waals surface area contributed by atoms with Gasteiger partial charge < -0.3 is 9.84 Å². The van der Waals surface area contributed by atoms with Crippen molar-refractivity contribution >= 4 is 0 Å². The lowest BCUT2D eigenvalue weighted by Crippen LogP contribution is -2.42. The molecule has 0 spiro atoms. The Balaban J connectivity index is 2.09. The Morgan fingerprint density at radius 2 is 2.00 bits per heavy atom. The van der Waals surface area contributed by atoms with Crippen LogP contribution in [0.4, 0.5) is 13.2 Å². The Morgan fingerprint density at radius 1 is 1.35 bits per heavy atom. The molecule has 0 radical (unpaired) electrons. The van der Waals surface area contributed by atoms with E-state index < -0.39 is 11.9 Å². The van der Waals surface area contributed by atoms with Crippen LogP contribution in [0.3, 0.4) is 0 Å². The van der Waals surface area contributed by atoms with Crippen LogP contribution in [-0.2, 0) is 12.7 Å². The summed E-state index contributed by atoms with van der Waals surface area (Å²) in [6, 6.07) is 0. The van der Waals surface area contributed by atoms with Crippen LogP contribution >= 0.6 is 0 Å². The van der Waals surface area contributed by atoms with Crippen LogP contribution in [0, 0.1) is 6.92 Å². The SMILES string of the molecule is Cc1c(C(F)(F)F)noc1CN1CCNCC1. The predicted octanol–water partition coefficient (Wildman–Crippen LogP) is 1.41. The summed E-state index contributed by atoms with van der Waals surface area (Å²) in [5.41, 5.74) is -0.821. The maximum atomic E-state index is 12.5. The average Bonchev–Trinajstić information content (AvgIpc) is 2.61. The van der Waals surface area contributed by atoms with E-state index in [0.29, 0.717) is 12.3 Å². The number of rotatable bonds is 2. The molecule has 7 heteroatoms. The van der Waals surface area contributed by atoms with Gasteiger partial charge in [-0.05, 0) is 6.92 Å². The average molecular weight is 249 g/mol. The van der Waals surface area contributed by atoms with Gasteiger partial charge in [0.25, 0.3) is 0 Å². The van der Waals surface area contributed by atoms with Crippen molar-refractivity contribution in [3.8, 4) is 0 Å². The monoisotopic (exact) mass is 249 g/mol. The van der Waals surface area contributed by atoms with Gasteiger partial charge in [0.15, 0.2) is 11.5 Å². The summed E-state index contributed by atoms with van der Waals surface area (Å²) in [6.07, 6.45) is -4.44. The Kier molecular flexibility index (Phi) is 3.39. The first-order valence-electron chi connectivity index (χ1n) is 5.44. The Labute approximate surface area is 96.8 Å². The van der Waals surface area contributed by atoms with Crippen LogP contribution in [0.5, 0.6) is 0 Å². The third-order valence-corrected chi connectivity index (χ3v) is 2.87. The zero-order valence-corrected chi connectivity index (χ0v) is 9.47. The highest BCUT2D eigenvalue weighted by atomic mass is 19.4. The third-order valence-electron chi connectivity index (χ3n) is 2.87. The summed E-state index contributed by atoms with van der Waals surface area (Å²) in [4.78, 5) is 2.05. The molecular weight excluding hydrogens is 235 g/mol. The van der Waals surface area contributed by atoms with E-state index in [9.17, 15) is 13.2 Å². The first-order valence-corrected chi connectivity index (χ1v) is 5.44. The second-order valence-corrected chi connectivity index (χ2v) is 4.10. The molecule has 1 N–H and O–H groups in total. The number of piperazine rings is 1. The molecule has 17 heavy (non-hydrogen) atoms. The molecule has 1 aromatic rings. The van der Waals surface area contributed by atoms with Crippen LogP contribution in [-0.4, -0.2) is 36.2 Å². The van der Waals surface area contributed by atoms with E-state index in [-0.39, 0.29) is 5.56 Å². The fraction of sp³-hybridized carbons (Fsp3) is 0.700. The Bertz CT molecular complexity index is 383. The zero-order chi connectivity index (χ0) is 12.5. The summed E-state index contributed by atoms with van der Waals surface area (Å²) in [5.74, 6) is 0.305. The molecule has 4 nitrogen and oxygen atoms in total. The van der Waals surface area contributed by atoms with Crippen LogP contribution < -0.4 is 5.32 Å². The van der Waals surface area contributed by atoms with E-state index in [4.69, 9.17) is 4.52 Å². The molecule has 1 saturated heterocycles. The molecule has 2 heterocycles. The summed E-state index contributed by atoms with van der Waals surface area (Å²) in [6.45, 7) is 5.09. The fourth-order valence-corrected chi connectivity index (χ4v) is 1.85. The van der Waals surface area contributed by atoms with Gasteiger partial charge in [-0.3, -0.25) is 4.90 Å². The lowest BCUT2D eigenvalue weighted by molar-refractivity contribution is -0.143. The summed E-state index contributed by atoms with van der Waals surface area (Å²) < 4.78 is 42.3. The lowest BCUT2D eigenvalue weighted by atomic mass is 10.2. The summed E-state index contributed by atoms with van der Waals surface area (Å²) in [7, 11) is 0. The third kappa shape index (κ3) is 2.78. The highest BCUT2D eigenvalue weighted by molar-refractivity contribution is 5.23. The summed E-state index contributed by atoms with van der Waals surface area (Å²) in [5, 5.41) is 6.29. The maximum Gasteiger partial charge on any atom is 0.437 e. The van der Waals surface area contributed by atoms with E-state index in [2.05, 4.69) is 10.5 Å². The maximum absolute atomic E-state index is 12.5. The van der Waals surface area contributed by atoms with Crippen molar-refractivity contribution in [2.45, 2.75) is 19.6 Å². The predicted molar refractivity (Wildman–Crippen MR) is 54.4 cm³/mol. The normalized spacial score (nSPS) is 18.6. The van der Waals surface area contributed by atoms with E-state index in [1.165, 1.54) is 6.92 Å². The number of nitrogens with zero attached hydrogens (tertiary/aromatic N) is 2. The number of halogens is 3. The number of hydrogen-bond donors (Lipinski definition) is 1. The Hall–Kier alpha value is -1.08. The van der Waals surface area contributed by atoms with E-state index in [1.54, 1.807) is 0 Å². The van der Waals surface area contributed by atoms with Gasteiger partial charge in [0.05, 0.1) is 6.54 Å². The smallest absolute Gasteiger partial charge is 0.359 e. The molecule has 0 bridgehead atoms. The highest BCUT2D eigenvalue weighted by Gasteiger charge is 2.38. The van der Waals surface area contributed by atoms with Gasteiger partial charge in [0.2, 0.25) is 0 Å². The zero-order valence-electron chi connectivity index (χ0n) is 9.47. The molecule has 0 aliphatic carbocycles. The minimum atomic E-state index is -4.44. The molecule has 0 aromatic carbocycles. The first-order chi connectivity index (χ1) is 7.98. The van der Waals surface area contributed by atoms with Crippen molar-refractivity contribution in [1.82, 2.24) is 15.4 Å².